The van der Waals surface area contributed by atoms with Gasteiger partial charge in [0.15, 0.2) is 6.61 Å². The zero-order valence-electron chi connectivity index (χ0n) is 16.5. The lowest BCUT2D eigenvalue weighted by Gasteiger charge is -2.07. The molecule has 0 heterocycles. The lowest BCUT2D eigenvalue weighted by Crippen LogP contribution is -2.14. The summed E-state index contributed by atoms with van der Waals surface area (Å²) < 4.78 is 14.7. The SMILES string of the molecule is CCOC(=O)COc1ccc(/C=C(\C#N)C(=O)Nc2ccc(C(=O)OC)cc2)cc1. The Kier molecular flexibility index (Phi) is 8.15. The number of nitrogens with one attached hydrogen (secondary N) is 1. The van der Waals surface area contributed by atoms with Crippen molar-refractivity contribution in [3.8, 4) is 11.8 Å². The zero-order chi connectivity index (χ0) is 21.9. The standard InChI is InChI=1S/C22H20N2O6/c1-3-29-20(25)14-30-19-10-4-15(5-11-19)12-17(13-23)21(26)24-18-8-6-16(7-9-18)22(27)28-2/h4-12H,3,14H2,1-2H3,(H,24,26)/b17-12+. The number of amides is 1. The minimum atomic E-state index is -0.592. The van der Waals surface area contributed by atoms with E-state index in [-0.39, 0.29) is 18.8 Å². The largest absolute Gasteiger partial charge is 0.482 e. The van der Waals surface area contributed by atoms with Crippen LogP contribution in [0.15, 0.2) is 54.1 Å². The number of hydrogen-bond acceptors (Lipinski definition) is 7. The Bertz CT molecular complexity index is 972. The molecule has 0 aliphatic rings. The van der Waals surface area contributed by atoms with Gasteiger partial charge in [-0.2, -0.15) is 5.26 Å². The lowest BCUT2D eigenvalue weighted by atomic mass is 10.1. The number of nitriles is 1. The molecule has 0 saturated carbocycles. The van der Waals surface area contributed by atoms with Crippen LogP contribution >= 0.6 is 0 Å². The lowest BCUT2D eigenvalue weighted by molar-refractivity contribution is -0.145. The average molecular weight is 408 g/mol. The van der Waals surface area contributed by atoms with Gasteiger partial charge < -0.3 is 19.5 Å². The number of methoxy groups -OCH3 is 1. The minimum absolute atomic E-state index is 0.104. The van der Waals surface area contributed by atoms with Crippen molar-refractivity contribution in [1.29, 1.82) is 5.26 Å². The number of hydrogen-bond donors (Lipinski definition) is 1. The Morgan fingerprint density at radius 2 is 1.73 bits per heavy atom. The molecule has 0 spiro atoms. The summed E-state index contributed by atoms with van der Waals surface area (Å²) in [6.07, 6.45) is 1.42. The highest BCUT2D eigenvalue weighted by Gasteiger charge is 2.11. The number of rotatable bonds is 8. The zero-order valence-corrected chi connectivity index (χ0v) is 16.5. The topological polar surface area (TPSA) is 115 Å². The molecule has 2 aromatic rings. The van der Waals surface area contributed by atoms with E-state index in [0.29, 0.717) is 22.6 Å². The Hall–Kier alpha value is -4.12. The molecule has 0 saturated heterocycles. The van der Waals surface area contributed by atoms with E-state index < -0.39 is 17.8 Å². The fraction of sp³-hybridized carbons (Fsp3) is 0.182. The Balaban J connectivity index is 2.02. The first-order valence-electron chi connectivity index (χ1n) is 8.96. The van der Waals surface area contributed by atoms with E-state index in [4.69, 9.17) is 9.47 Å². The predicted molar refractivity (Wildman–Crippen MR) is 109 cm³/mol. The maximum Gasteiger partial charge on any atom is 0.344 e. The fourth-order valence-electron chi connectivity index (χ4n) is 2.33. The van der Waals surface area contributed by atoms with Crippen LogP contribution in [0.4, 0.5) is 5.69 Å². The van der Waals surface area contributed by atoms with Crippen LogP contribution in [0, 0.1) is 11.3 Å². The summed E-state index contributed by atoms with van der Waals surface area (Å²) in [6.45, 7) is 1.78. The summed E-state index contributed by atoms with van der Waals surface area (Å²) in [5.74, 6) is -1.09. The molecule has 0 unspecified atom stereocenters. The van der Waals surface area contributed by atoms with Crippen LogP contribution in [-0.4, -0.2) is 38.2 Å². The van der Waals surface area contributed by atoms with Crippen molar-refractivity contribution < 1.29 is 28.6 Å². The summed E-state index contributed by atoms with van der Waals surface area (Å²) in [5, 5.41) is 11.9. The third kappa shape index (κ3) is 6.49. The normalized spacial score (nSPS) is 10.5. The molecule has 0 fully saturated rings. The summed E-state index contributed by atoms with van der Waals surface area (Å²) in [6, 6.07) is 14.5. The van der Waals surface area contributed by atoms with Gasteiger partial charge in [-0.25, -0.2) is 9.59 Å². The number of esters is 2. The molecule has 2 rings (SSSR count). The van der Waals surface area contributed by atoms with Crippen molar-refractivity contribution in [2.45, 2.75) is 6.92 Å². The van der Waals surface area contributed by atoms with Crippen LogP contribution in [0.5, 0.6) is 5.75 Å². The third-order valence-corrected chi connectivity index (χ3v) is 3.78. The highest BCUT2D eigenvalue weighted by atomic mass is 16.6. The van der Waals surface area contributed by atoms with Crippen LogP contribution < -0.4 is 10.1 Å². The molecular formula is C22H20N2O6. The summed E-state index contributed by atoms with van der Waals surface area (Å²) in [7, 11) is 1.28. The number of ether oxygens (including phenoxy) is 3. The molecule has 2 aromatic carbocycles. The average Bonchev–Trinajstić information content (AvgIpc) is 2.77. The summed E-state index contributed by atoms with van der Waals surface area (Å²) >= 11 is 0. The molecule has 30 heavy (non-hydrogen) atoms. The predicted octanol–water partition coefficient (Wildman–Crippen LogP) is 2.96. The first-order valence-corrected chi connectivity index (χ1v) is 8.96. The molecule has 1 N–H and O–H groups in total. The fourth-order valence-corrected chi connectivity index (χ4v) is 2.33. The Morgan fingerprint density at radius 1 is 1.07 bits per heavy atom. The van der Waals surface area contributed by atoms with E-state index in [9.17, 15) is 19.6 Å². The third-order valence-electron chi connectivity index (χ3n) is 3.78. The number of carbonyl (C=O) groups excluding carboxylic acids is 3. The smallest absolute Gasteiger partial charge is 0.344 e. The van der Waals surface area contributed by atoms with Crippen molar-refractivity contribution in [3.63, 3.8) is 0 Å². The first kappa shape index (κ1) is 22.2. The number of nitrogens with zero attached hydrogens (tertiary/aromatic N) is 1. The van der Waals surface area contributed by atoms with Crippen LogP contribution in [0.2, 0.25) is 0 Å². The van der Waals surface area contributed by atoms with Crippen molar-refractivity contribution in [2.24, 2.45) is 0 Å². The molecule has 0 aliphatic carbocycles. The van der Waals surface area contributed by atoms with Crippen LogP contribution in [0.3, 0.4) is 0 Å². The van der Waals surface area contributed by atoms with Gasteiger partial charge >= 0.3 is 11.9 Å². The second-order valence-electron chi connectivity index (χ2n) is 5.86. The van der Waals surface area contributed by atoms with E-state index in [1.54, 1.807) is 31.2 Å². The quantitative estimate of drug-likeness (QED) is 0.406. The molecule has 0 aromatic heterocycles. The second kappa shape index (κ2) is 11.0. The van der Waals surface area contributed by atoms with Gasteiger partial charge in [-0.15, -0.1) is 0 Å². The molecule has 0 bridgehead atoms. The molecule has 0 radical (unpaired) electrons. The Morgan fingerprint density at radius 3 is 2.30 bits per heavy atom. The van der Waals surface area contributed by atoms with Gasteiger partial charge in [-0.05, 0) is 55.0 Å². The van der Waals surface area contributed by atoms with Crippen molar-refractivity contribution in [2.75, 3.05) is 25.6 Å². The van der Waals surface area contributed by atoms with Gasteiger partial charge in [0, 0.05) is 5.69 Å². The molecular weight excluding hydrogens is 388 g/mol. The minimum Gasteiger partial charge on any atom is -0.482 e. The maximum absolute atomic E-state index is 12.4. The van der Waals surface area contributed by atoms with Gasteiger partial charge in [-0.1, -0.05) is 12.1 Å². The van der Waals surface area contributed by atoms with E-state index in [1.165, 1.54) is 37.5 Å². The van der Waals surface area contributed by atoms with Crippen molar-refractivity contribution >= 4 is 29.6 Å². The molecule has 0 atom stereocenters. The van der Waals surface area contributed by atoms with Crippen molar-refractivity contribution in [3.05, 3.63) is 65.2 Å². The van der Waals surface area contributed by atoms with E-state index in [0.717, 1.165) is 0 Å². The van der Waals surface area contributed by atoms with Gasteiger partial charge in [0.1, 0.15) is 17.4 Å². The Labute approximate surface area is 173 Å². The van der Waals surface area contributed by atoms with Crippen molar-refractivity contribution in [1.82, 2.24) is 0 Å². The molecule has 8 heteroatoms. The van der Waals surface area contributed by atoms with Gasteiger partial charge in [0.2, 0.25) is 0 Å². The summed E-state index contributed by atoms with van der Waals surface area (Å²) in [5.41, 5.74) is 1.27. The summed E-state index contributed by atoms with van der Waals surface area (Å²) in [4.78, 5) is 35.1. The number of benzene rings is 2. The van der Waals surface area contributed by atoms with Gasteiger partial charge in [0.25, 0.3) is 5.91 Å². The molecule has 0 aliphatic heterocycles. The van der Waals surface area contributed by atoms with Crippen LogP contribution in [0.25, 0.3) is 6.08 Å². The van der Waals surface area contributed by atoms with Gasteiger partial charge in [0.05, 0.1) is 19.3 Å². The maximum atomic E-state index is 12.4. The molecule has 154 valence electrons. The van der Waals surface area contributed by atoms with E-state index in [1.807, 2.05) is 6.07 Å². The monoisotopic (exact) mass is 408 g/mol. The highest BCUT2D eigenvalue weighted by Crippen LogP contribution is 2.16. The molecule has 8 nitrogen and oxygen atoms in total. The number of anilines is 1. The van der Waals surface area contributed by atoms with E-state index >= 15 is 0 Å². The first-order chi connectivity index (χ1) is 14.5. The second-order valence-corrected chi connectivity index (χ2v) is 5.86. The number of carbonyl (C=O) groups is 3. The molecule has 1 amide bonds. The highest BCUT2D eigenvalue weighted by molar-refractivity contribution is 6.09. The van der Waals surface area contributed by atoms with Crippen LogP contribution in [-0.2, 0) is 19.1 Å². The van der Waals surface area contributed by atoms with Gasteiger partial charge in [-0.3, -0.25) is 4.79 Å². The van der Waals surface area contributed by atoms with Crippen LogP contribution in [0.1, 0.15) is 22.8 Å². The van der Waals surface area contributed by atoms with E-state index in [2.05, 4.69) is 10.1 Å².